The van der Waals surface area contributed by atoms with Crippen LogP contribution in [0.5, 0.6) is 0 Å². The molecule has 3 aliphatic rings. The van der Waals surface area contributed by atoms with Gasteiger partial charge in [0, 0.05) is 51.6 Å². The smallest absolute Gasteiger partial charge is 0.246 e. The van der Waals surface area contributed by atoms with Gasteiger partial charge < -0.3 is 4.90 Å². The number of carbonyl (C=O) groups is 2. The number of nitro groups is 1. The maximum Gasteiger partial charge on any atom is 0.246 e. The molecule has 1 fully saturated rings. The van der Waals surface area contributed by atoms with Crippen molar-refractivity contribution in [2.75, 3.05) is 32.7 Å². The highest BCUT2D eigenvalue weighted by atomic mass is 19.1. The summed E-state index contributed by atoms with van der Waals surface area (Å²) in [6.45, 7) is 2.26. The summed E-state index contributed by atoms with van der Waals surface area (Å²) in [7, 11) is 0. The number of Topliss-reactive ketones (excluding diaryl/α,β-unsaturated/α-hetero) is 1. The fraction of sp³-hybridized carbons (Fsp3) is 0.500. The molecule has 2 unspecified atom stereocenters. The monoisotopic (exact) mass is 407 g/mol. The van der Waals surface area contributed by atoms with Crippen molar-refractivity contribution in [3.05, 3.63) is 57.6 Å². The summed E-state index contributed by atoms with van der Waals surface area (Å²) in [5, 5.41) is 10.7. The SMILES string of the molecule is O=C(CCN1CCN(C(=O)C2C(F)=CC=CC2F)CC1)C1=CC=C([N+](=O)[O-])CC1. The highest BCUT2D eigenvalue weighted by Gasteiger charge is 2.36. The van der Waals surface area contributed by atoms with Crippen LogP contribution in [0.4, 0.5) is 8.78 Å². The van der Waals surface area contributed by atoms with Crippen LogP contribution < -0.4 is 0 Å². The van der Waals surface area contributed by atoms with E-state index in [4.69, 9.17) is 0 Å². The van der Waals surface area contributed by atoms with Crippen LogP contribution in [-0.4, -0.2) is 65.3 Å². The third-order valence-corrected chi connectivity index (χ3v) is 5.49. The van der Waals surface area contributed by atoms with Crippen molar-refractivity contribution in [2.24, 2.45) is 5.92 Å². The number of alkyl halides is 1. The number of hydrogen-bond donors (Lipinski definition) is 0. The van der Waals surface area contributed by atoms with Crippen molar-refractivity contribution in [3.63, 3.8) is 0 Å². The summed E-state index contributed by atoms with van der Waals surface area (Å²) >= 11 is 0. The van der Waals surface area contributed by atoms with E-state index < -0.39 is 28.7 Å². The maximum absolute atomic E-state index is 13.9. The van der Waals surface area contributed by atoms with E-state index in [1.165, 1.54) is 29.2 Å². The molecular weight excluding hydrogens is 384 g/mol. The Balaban J connectivity index is 1.45. The number of allylic oxidation sites excluding steroid dienone is 7. The van der Waals surface area contributed by atoms with Gasteiger partial charge in [0.15, 0.2) is 5.78 Å². The van der Waals surface area contributed by atoms with E-state index in [-0.39, 0.29) is 17.9 Å². The van der Waals surface area contributed by atoms with E-state index in [9.17, 15) is 28.5 Å². The Bertz CT molecular complexity index is 811. The van der Waals surface area contributed by atoms with Crippen LogP contribution in [-0.2, 0) is 9.59 Å². The molecular formula is C20H23F2N3O4. The van der Waals surface area contributed by atoms with Crippen LogP contribution in [0.25, 0.3) is 0 Å². The van der Waals surface area contributed by atoms with Crippen molar-refractivity contribution < 1.29 is 23.3 Å². The molecule has 7 nitrogen and oxygen atoms in total. The molecule has 3 rings (SSSR count). The van der Waals surface area contributed by atoms with Crippen LogP contribution in [0.15, 0.2) is 47.5 Å². The zero-order chi connectivity index (χ0) is 21.0. The van der Waals surface area contributed by atoms with Crippen molar-refractivity contribution in [1.29, 1.82) is 0 Å². The lowest BCUT2D eigenvalue weighted by Gasteiger charge is -2.36. The van der Waals surface area contributed by atoms with E-state index >= 15 is 0 Å². The highest BCUT2D eigenvalue weighted by molar-refractivity contribution is 5.96. The summed E-state index contributed by atoms with van der Waals surface area (Å²) in [6.07, 6.45) is 5.73. The minimum atomic E-state index is -1.66. The van der Waals surface area contributed by atoms with Gasteiger partial charge in [-0.25, -0.2) is 8.78 Å². The van der Waals surface area contributed by atoms with Crippen LogP contribution in [0, 0.1) is 16.0 Å². The first kappa shape index (κ1) is 21.0. The Morgan fingerprint density at radius 1 is 1.14 bits per heavy atom. The standard InChI is InChI=1S/C20H23F2N3O4/c21-16-2-1-3-17(22)19(16)20(27)24-12-10-23(11-13-24)9-8-18(26)14-4-6-15(7-5-14)25(28)29/h1-4,6,16,19H,5,7-13H2. The Labute approximate surface area is 167 Å². The molecule has 0 N–H and O–H groups in total. The van der Waals surface area contributed by atoms with Gasteiger partial charge in [0.2, 0.25) is 11.6 Å². The van der Waals surface area contributed by atoms with E-state index in [0.717, 1.165) is 6.08 Å². The van der Waals surface area contributed by atoms with Gasteiger partial charge in [-0.15, -0.1) is 0 Å². The van der Waals surface area contributed by atoms with Gasteiger partial charge >= 0.3 is 0 Å². The Kier molecular flexibility index (Phi) is 6.68. The van der Waals surface area contributed by atoms with Crippen LogP contribution in [0.2, 0.25) is 0 Å². The van der Waals surface area contributed by atoms with Crippen LogP contribution in [0.1, 0.15) is 19.3 Å². The molecule has 0 saturated carbocycles. The molecule has 1 amide bonds. The summed E-state index contributed by atoms with van der Waals surface area (Å²) in [6, 6.07) is 0. The van der Waals surface area contributed by atoms with Gasteiger partial charge in [-0.05, 0) is 30.2 Å². The first-order chi connectivity index (χ1) is 13.9. The molecule has 29 heavy (non-hydrogen) atoms. The summed E-state index contributed by atoms with van der Waals surface area (Å²) in [4.78, 5) is 38.6. The minimum absolute atomic E-state index is 0.0383. The summed E-state index contributed by atoms with van der Waals surface area (Å²) in [5.74, 6) is -2.74. The van der Waals surface area contributed by atoms with E-state index in [0.29, 0.717) is 51.1 Å². The Morgan fingerprint density at radius 2 is 1.86 bits per heavy atom. The van der Waals surface area contributed by atoms with Crippen molar-refractivity contribution in [3.8, 4) is 0 Å². The molecule has 0 radical (unpaired) electrons. The van der Waals surface area contributed by atoms with Crippen molar-refractivity contribution in [2.45, 2.75) is 25.4 Å². The molecule has 0 spiro atoms. The second-order valence-corrected chi connectivity index (χ2v) is 7.31. The Hall–Kier alpha value is -2.68. The van der Waals surface area contributed by atoms with Gasteiger partial charge in [-0.1, -0.05) is 6.08 Å². The lowest BCUT2D eigenvalue weighted by Crippen LogP contribution is -2.51. The number of carbonyl (C=O) groups excluding carboxylic acids is 2. The van der Waals surface area contributed by atoms with Gasteiger partial charge in [-0.3, -0.25) is 24.6 Å². The van der Waals surface area contributed by atoms with Crippen molar-refractivity contribution >= 4 is 11.7 Å². The van der Waals surface area contributed by atoms with Crippen molar-refractivity contribution in [1.82, 2.24) is 9.80 Å². The Morgan fingerprint density at radius 3 is 2.45 bits per heavy atom. The lowest BCUT2D eigenvalue weighted by atomic mass is 9.95. The molecule has 0 bridgehead atoms. The summed E-state index contributed by atoms with van der Waals surface area (Å²) in [5.41, 5.74) is 0.698. The number of piperazine rings is 1. The largest absolute Gasteiger partial charge is 0.339 e. The van der Waals surface area contributed by atoms with Crippen LogP contribution in [0.3, 0.4) is 0 Å². The molecule has 0 aromatic heterocycles. The van der Waals surface area contributed by atoms with Gasteiger partial charge in [0.05, 0.1) is 4.92 Å². The van der Waals surface area contributed by atoms with E-state index in [1.807, 2.05) is 4.90 Å². The zero-order valence-corrected chi connectivity index (χ0v) is 15.9. The highest BCUT2D eigenvalue weighted by Crippen LogP contribution is 2.27. The fourth-order valence-corrected chi connectivity index (χ4v) is 3.69. The third-order valence-electron chi connectivity index (χ3n) is 5.49. The average molecular weight is 407 g/mol. The first-order valence-corrected chi connectivity index (χ1v) is 9.63. The quantitative estimate of drug-likeness (QED) is 0.499. The second-order valence-electron chi connectivity index (χ2n) is 7.31. The van der Waals surface area contributed by atoms with E-state index in [2.05, 4.69) is 0 Å². The normalized spacial score (nSPS) is 25.2. The molecule has 1 saturated heterocycles. The fourth-order valence-electron chi connectivity index (χ4n) is 3.69. The van der Waals surface area contributed by atoms with Gasteiger partial charge in [0.25, 0.3) is 0 Å². The molecule has 2 atom stereocenters. The predicted octanol–water partition coefficient (Wildman–Crippen LogP) is 2.35. The number of hydrogen-bond acceptors (Lipinski definition) is 5. The minimum Gasteiger partial charge on any atom is -0.339 e. The lowest BCUT2D eigenvalue weighted by molar-refractivity contribution is -0.428. The topological polar surface area (TPSA) is 83.8 Å². The third kappa shape index (κ3) is 5.03. The average Bonchev–Trinajstić information content (AvgIpc) is 2.72. The molecule has 9 heteroatoms. The number of halogens is 2. The first-order valence-electron chi connectivity index (χ1n) is 9.63. The molecule has 0 aromatic carbocycles. The van der Waals surface area contributed by atoms with Crippen LogP contribution >= 0.6 is 0 Å². The second kappa shape index (κ2) is 9.21. The summed E-state index contributed by atoms with van der Waals surface area (Å²) < 4.78 is 27.8. The van der Waals surface area contributed by atoms with Gasteiger partial charge in [-0.2, -0.15) is 0 Å². The number of ketones is 1. The predicted molar refractivity (Wildman–Crippen MR) is 102 cm³/mol. The molecule has 1 heterocycles. The number of rotatable bonds is 6. The number of nitrogens with zero attached hydrogens (tertiary/aromatic N) is 3. The number of amides is 1. The zero-order valence-electron chi connectivity index (χ0n) is 15.9. The maximum atomic E-state index is 13.9. The molecule has 156 valence electrons. The molecule has 2 aliphatic carbocycles. The molecule has 0 aromatic rings. The molecule has 1 aliphatic heterocycles. The van der Waals surface area contributed by atoms with Gasteiger partial charge in [0.1, 0.15) is 17.9 Å². The van der Waals surface area contributed by atoms with E-state index in [1.54, 1.807) is 0 Å².